The Labute approximate surface area is 253 Å². The second kappa shape index (κ2) is 12.4. The first-order chi connectivity index (χ1) is 21.2. The zero-order chi connectivity index (χ0) is 30.7. The van der Waals surface area contributed by atoms with Crippen molar-refractivity contribution in [2.24, 2.45) is 0 Å². The molecular formula is C35H31F3N4O2. The van der Waals surface area contributed by atoms with Gasteiger partial charge < -0.3 is 15.5 Å². The monoisotopic (exact) mass is 596 g/mol. The number of nitrogens with two attached hydrogens (primary N) is 1. The number of nitrogen functional groups attached to an aromatic ring is 1. The molecule has 0 atom stereocenters. The second-order valence-electron chi connectivity index (χ2n) is 11.1. The standard InChI is InChI=1S/C35H31F3N4O2/c36-29-9-7-26(8-10-29)31-19-27(25-5-1-24(2-6-25)22-42-15-13-35(37,38)14-16-42)17-28-18-30(44-34(28)31)21-41-33(43)12-4-23-3-11-32(39)40-20-23/h1-12,17-20H,13-16,21-22H2,(H2,39,40)(H,41,43)/b12-4+. The van der Waals surface area contributed by atoms with Crippen molar-refractivity contribution in [3.05, 3.63) is 114 Å². The number of anilines is 1. The number of pyridine rings is 1. The second-order valence-corrected chi connectivity index (χ2v) is 11.1. The Morgan fingerprint density at radius 1 is 0.955 bits per heavy atom. The van der Waals surface area contributed by atoms with Gasteiger partial charge in [0, 0.05) is 55.7 Å². The Morgan fingerprint density at radius 3 is 2.39 bits per heavy atom. The normalized spacial score (nSPS) is 15.2. The molecule has 9 heteroatoms. The van der Waals surface area contributed by atoms with Gasteiger partial charge in [0.2, 0.25) is 5.91 Å². The molecule has 3 aromatic carbocycles. The van der Waals surface area contributed by atoms with Gasteiger partial charge in [-0.3, -0.25) is 9.69 Å². The average Bonchev–Trinajstić information content (AvgIpc) is 3.44. The molecule has 1 fully saturated rings. The number of fused-ring (bicyclic) bond motifs is 1. The molecule has 3 heterocycles. The lowest BCUT2D eigenvalue weighted by molar-refractivity contribution is -0.116. The Kier molecular flexibility index (Phi) is 8.21. The number of rotatable bonds is 8. The van der Waals surface area contributed by atoms with Crippen molar-refractivity contribution >= 4 is 28.8 Å². The molecule has 1 amide bonds. The van der Waals surface area contributed by atoms with Gasteiger partial charge in [-0.15, -0.1) is 0 Å². The third-order valence-electron chi connectivity index (χ3n) is 7.78. The molecule has 44 heavy (non-hydrogen) atoms. The fourth-order valence-corrected chi connectivity index (χ4v) is 5.32. The molecule has 6 nitrogen and oxygen atoms in total. The summed E-state index contributed by atoms with van der Waals surface area (Å²) in [6.45, 7) is 1.56. The largest absolute Gasteiger partial charge is 0.459 e. The van der Waals surface area contributed by atoms with Crippen molar-refractivity contribution in [1.82, 2.24) is 15.2 Å². The van der Waals surface area contributed by atoms with E-state index in [2.05, 4.69) is 15.2 Å². The number of hydrogen-bond donors (Lipinski definition) is 2. The van der Waals surface area contributed by atoms with Crippen LogP contribution in [0.5, 0.6) is 0 Å². The highest BCUT2D eigenvalue weighted by atomic mass is 19.3. The number of piperidine rings is 1. The van der Waals surface area contributed by atoms with E-state index in [1.807, 2.05) is 42.5 Å². The van der Waals surface area contributed by atoms with Crippen molar-refractivity contribution in [1.29, 1.82) is 0 Å². The highest BCUT2D eigenvalue weighted by molar-refractivity contribution is 5.97. The van der Waals surface area contributed by atoms with E-state index in [1.165, 1.54) is 18.2 Å². The maximum atomic E-state index is 13.8. The molecule has 0 bridgehead atoms. The number of alkyl halides is 2. The van der Waals surface area contributed by atoms with Crippen molar-refractivity contribution in [2.45, 2.75) is 31.9 Å². The zero-order valence-corrected chi connectivity index (χ0v) is 23.9. The van der Waals surface area contributed by atoms with Crippen molar-refractivity contribution in [3.63, 3.8) is 0 Å². The SMILES string of the molecule is Nc1ccc(/C=C/C(=O)NCc2cc3cc(-c4ccc(CN5CCC(F)(F)CC5)cc4)cc(-c4ccc(F)cc4)c3o2)cn1. The maximum absolute atomic E-state index is 13.8. The van der Waals surface area contributed by atoms with E-state index in [1.54, 1.807) is 36.5 Å². The van der Waals surface area contributed by atoms with E-state index in [-0.39, 0.29) is 31.1 Å². The zero-order valence-electron chi connectivity index (χ0n) is 23.9. The predicted molar refractivity (Wildman–Crippen MR) is 166 cm³/mol. The molecule has 0 aliphatic carbocycles. The van der Waals surface area contributed by atoms with Gasteiger partial charge in [0.25, 0.3) is 5.92 Å². The Morgan fingerprint density at radius 2 is 1.68 bits per heavy atom. The number of nitrogens with one attached hydrogen (secondary N) is 1. The molecule has 0 spiro atoms. The third-order valence-corrected chi connectivity index (χ3v) is 7.78. The predicted octanol–water partition coefficient (Wildman–Crippen LogP) is 7.44. The van der Waals surface area contributed by atoms with Crippen LogP contribution in [0.3, 0.4) is 0 Å². The number of aromatic nitrogens is 1. The van der Waals surface area contributed by atoms with Gasteiger partial charge in [0.1, 0.15) is 23.0 Å². The first-order valence-corrected chi connectivity index (χ1v) is 14.4. The van der Waals surface area contributed by atoms with Crippen molar-refractivity contribution in [3.8, 4) is 22.3 Å². The minimum atomic E-state index is -2.56. The van der Waals surface area contributed by atoms with E-state index >= 15 is 0 Å². The summed E-state index contributed by atoms with van der Waals surface area (Å²) in [4.78, 5) is 18.5. The van der Waals surface area contributed by atoms with Gasteiger partial charge in [-0.25, -0.2) is 18.2 Å². The number of carbonyl (C=O) groups excluding carboxylic acids is 1. The number of amides is 1. The minimum Gasteiger partial charge on any atom is -0.459 e. The lowest BCUT2D eigenvalue weighted by Crippen LogP contribution is -2.38. The summed E-state index contributed by atoms with van der Waals surface area (Å²) in [6.07, 6.45) is 4.44. The van der Waals surface area contributed by atoms with Crippen LogP contribution in [0.15, 0.2) is 95.6 Å². The van der Waals surface area contributed by atoms with Crippen LogP contribution in [-0.2, 0) is 17.9 Å². The fourth-order valence-electron chi connectivity index (χ4n) is 5.32. The van der Waals surface area contributed by atoms with E-state index in [9.17, 15) is 18.0 Å². The smallest absolute Gasteiger partial charge is 0.250 e. The van der Waals surface area contributed by atoms with Crippen LogP contribution < -0.4 is 11.1 Å². The van der Waals surface area contributed by atoms with Crippen LogP contribution >= 0.6 is 0 Å². The van der Waals surface area contributed by atoms with Crippen LogP contribution in [0.1, 0.15) is 29.7 Å². The Bertz CT molecular complexity index is 1790. The van der Waals surface area contributed by atoms with Crippen LogP contribution in [0.2, 0.25) is 0 Å². The van der Waals surface area contributed by atoms with Crippen LogP contribution in [-0.4, -0.2) is 34.8 Å². The van der Waals surface area contributed by atoms with Gasteiger partial charge in [-0.05, 0) is 76.4 Å². The van der Waals surface area contributed by atoms with Gasteiger partial charge in [0.15, 0.2) is 0 Å². The summed E-state index contributed by atoms with van der Waals surface area (Å²) >= 11 is 0. The Balaban J connectivity index is 1.22. The van der Waals surface area contributed by atoms with E-state index in [0.717, 1.165) is 38.8 Å². The molecule has 1 saturated heterocycles. The van der Waals surface area contributed by atoms with Crippen molar-refractivity contribution in [2.75, 3.05) is 18.8 Å². The number of halogens is 3. The molecule has 0 saturated carbocycles. The summed E-state index contributed by atoms with van der Waals surface area (Å²) < 4.78 is 47.0. The number of benzene rings is 3. The Hall–Kier alpha value is -4.89. The first-order valence-electron chi connectivity index (χ1n) is 14.4. The molecular weight excluding hydrogens is 565 g/mol. The third kappa shape index (κ3) is 7.01. The summed E-state index contributed by atoms with van der Waals surface area (Å²) in [5, 5.41) is 3.68. The minimum absolute atomic E-state index is 0.105. The summed E-state index contributed by atoms with van der Waals surface area (Å²) in [5.41, 5.74) is 11.5. The highest BCUT2D eigenvalue weighted by Crippen LogP contribution is 2.36. The lowest BCUT2D eigenvalue weighted by atomic mass is 9.96. The molecule has 5 aromatic rings. The molecule has 0 unspecified atom stereocenters. The van der Waals surface area contributed by atoms with E-state index in [0.29, 0.717) is 36.8 Å². The molecule has 6 rings (SSSR count). The number of furan rings is 1. The first kappa shape index (κ1) is 29.2. The number of carbonyl (C=O) groups is 1. The fraction of sp³-hybridized carbons (Fsp3) is 0.200. The van der Waals surface area contributed by atoms with Gasteiger partial charge in [-0.2, -0.15) is 0 Å². The quantitative estimate of drug-likeness (QED) is 0.182. The number of likely N-dealkylation sites (tertiary alicyclic amines) is 1. The van der Waals surface area contributed by atoms with E-state index in [4.69, 9.17) is 10.2 Å². The molecule has 2 aromatic heterocycles. The van der Waals surface area contributed by atoms with Gasteiger partial charge >= 0.3 is 0 Å². The molecule has 224 valence electrons. The molecule has 3 N–H and O–H groups in total. The van der Waals surface area contributed by atoms with Gasteiger partial charge in [-0.1, -0.05) is 36.4 Å². The van der Waals surface area contributed by atoms with E-state index < -0.39 is 5.92 Å². The number of hydrogen-bond acceptors (Lipinski definition) is 5. The van der Waals surface area contributed by atoms with Gasteiger partial charge in [0.05, 0.1) is 6.54 Å². The lowest BCUT2D eigenvalue weighted by Gasteiger charge is -2.31. The summed E-state index contributed by atoms with van der Waals surface area (Å²) in [6, 6.07) is 23.7. The highest BCUT2D eigenvalue weighted by Gasteiger charge is 2.33. The molecule has 1 aliphatic heterocycles. The summed E-state index contributed by atoms with van der Waals surface area (Å²) in [7, 11) is 0. The van der Waals surface area contributed by atoms with Crippen LogP contribution in [0.25, 0.3) is 39.3 Å². The number of nitrogens with zero attached hydrogens (tertiary/aromatic N) is 2. The topological polar surface area (TPSA) is 84.4 Å². The summed E-state index contributed by atoms with van der Waals surface area (Å²) in [5.74, 6) is -2.22. The molecule has 0 radical (unpaired) electrons. The molecule has 1 aliphatic rings. The maximum Gasteiger partial charge on any atom is 0.250 e. The average molecular weight is 597 g/mol. The van der Waals surface area contributed by atoms with Crippen molar-refractivity contribution < 1.29 is 22.4 Å². The van der Waals surface area contributed by atoms with Crippen LogP contribution in [0.4, 0.5) is 19.0 Å². The van der Waals surface area contributed by atoms with Crippen LogP contribution in [0, 0.1) is 5.82 Å².